The van der Waals surface area contributed by atoms with Crippen LogP contribution in [0.2, 0.25) is 0 Å². The molecular formula is C15H27N3S. The van der Waals surface area contributed by atoms with E-state index in [1.807, 2.05) is 11.3 Å². The third-order valence-corrected chi connectivity index (χ3v) is 5.23. The van der Waals surface area contributed by atoms with Gasteiger partial charge in [0, 0.05) is 30.4 Å². The van der Waals surface area contributed by atoms with Crippen LogP contribution in [0, 0.1) is 0 Å². The Balaban J connectivity index is 1.91. The van der Waals surface area contributed by atoms with Crippen molar-refractivity contribution in [2.24, 2.45) is 5.73 Å². The largest absolute Gasteiger partial charge is 0.326 e. The lowest BCUT2D eigenvalue weighted by Gasteiger charge is -2.33. The molecule has 0 bridgehead atoms. The maximum absolute atomic E-state index is 5.82. The molecule has 1 aromatic heterocycles. The van der Waals surface area contributed by atoms with Gasteiger partial charge in [-0.3, -0.25) is 0 Å². The molecule has 1 aliphatic heterocycles. The summed E-state index contributed by atoms with van der Waals surface area (Å²) in [5.41, 5.74) is 7.06. The van der Waals surface area contributed by atoms with Crippen molar-refractivity contribution in [3.8, 4) is 0 Å². The Labute approximate surface area is 121 Å². The molecule has 19 heavy (non-hydrogen) atoms. The van der Waals surface area contributed by atoms with Crippen LogP contribution in [0.1, 0.15) is 55.1 Å². The lowest BCUT2D eigenvalue weighted by molar-refractivity contribution is 0.163. The Hall–Kier alpha value is -0.450. The first-order chi connectivity index (χ1) is 9.24. The zero-order chi connectivity index (χ0) is 13.7. The van der Waals surface area contributed by atoms with Crippen molar-refractivity contribution in [2.45, 2.75) is 65.0 Å². The number of aryl methyl sites for hydroxylation is 1. The van der Waals surface area contributed by atoms with Gasteiger partial charge in [-0.1, -0.05) is 19.8 Å². The maximum Gasteiger partial charge on any atom is 0.0944 e. The summed E-state index contributed by atoms with van der Waals surface area (Å²) in [7, 11) is 0. The summed E-state index contributed by atoms with van der Waals surface area (Å²) in [6, 6.07) is 0.748. The number of piperidine rings is 1. The minimum Gasteiger partial charge on any atom is -0.326 e. The molecule has 1 unspecified atom stereocenters. The number of rotatable bonds is 6. The molecule has 1 aromatic rings. The van der Waals surface area contributed by atoms with Crippen molar-refractivity contribution in [2.75, 3.05) is 13.1 Å². The summed E-state index contributed by atoms with van der Waals surface area (Å²) in [5.74, 6) is 0. The van der Waals surface area contributed by atoms with Gasteiger partial charge in [0.15, 0.2) is 0 Å². The van der Waals surface area contributed by atoms with E-state index in [2.05, 4.69) is 18.7 Å². The number of hydrogen-bond donors (Lipinski definition) is 1. The van der Waals surface area contributed by atoms with Crippen LogP contribution in [-0.4, -0.2) is 29.0 Å². The van der Waals surface area contributed by atoms with Crippen LogP contribution < -0.4 is 5.73 Å². The van der Waals surface area contributed by atoms with Crippen molar-refractivity contribution in [1.82, 2.24) is 9.88 Å². The van der Waals surface area contributed by atoms with Gasteiger partial charge in [-0.15, -0.1) is 11.3 Å². The van der Waals surface area contributed by atoms with E-state index >= 15 is 0 Å². The zero-order valence-corrected chi connectivity index (χ0v) is 13.1. The van der Waals surface area contributed by atoms with Crippen LogP contribution in [0.25, 0.3) is 0 Å². The summed E-state index contributed by atoms with van der Waals surface area (Å²) in [4.78, 5) is 8.70. The first kappa shape index (κ1) is 14.9. The molecule has 0 aromatic carbocycles. The molecule has 0 amide bonds. The summed E-state index contributed by atoms with van der Waals surface area (Å²) in [6.07, 6.45) is 7.42. The molecule has 2 N–H and O–H groups in total. The highest BCUT2D eigenvalue weighted by Gasteiger charge is 2.18. The van der Waals surface area contributed by atoms with Crippen LogP contribution in [0.4, 0.5) is 0 Å². The van der Waals surface area contributed by atoms with E-state index in [4.69, 9.17) is 10.7 Å². The van der Waals surface area contributed by atoms with Crippen LogP contribution in [0.5, 0.6) is 0 Å². The van der Waals surface area contributed by atoms with E-state index < -0.39 is 0 Å². The first-order valence-electron chi connectivity index (χ1n) is 7.66. The minimum absolute atomic E-state index is 0.646. The fourth-order valence-electron chi connectivity index (χ4n) is 2.86. The molecule has 0 spiro atoms. The molecule has 1 fully saturated rings. The fraction of sp³-hybridized carbons (Fsp3) is 0.800. The number of thiazole rings is 1. The number of aromatic nitrogens is 1. The standard InChI is InChI=1S/C15H27N3S/c1-3-6-13-14(11-16)19-15(17-13)8-10-18-9-5-4-7-12(18)2/h12H,3-11,16H2,1-2H3. The second-order valence-corrected chi connectivity index (χ2v) is 6.73. The monoisotopic (exact) mass is 281 g/mol. The van der Waals surface area contributed by atoms with Crippen molar-refractivity contribution in [3.05, 3.63) is 15.6 Å². The molecule has 3 nitrogen and oxygen atoms in total. The van der Waals surface area contributed by atoms with Gasteiger partial charge in [-0.25, -0.2) is 4.98 Å². The highest BCUT2D eigenvalue weighted by molar-refractivity contribution is 7.11. The smallest absolute Gasteiger partial charge is 0.0944 e. The van der Waals surface area contributed by atoms with E-state index in [1.165, 1.54) is 41.4 Å². The van der Waals surface area contributed by atoms with Crippen molar-refractivity contribution < 1.29 is 0 Å². The Bertz CT molecular complexity index is 389. The fourth-order valence-corrected chi connectivity index (χ4v) is 3.85. The Kier molecular flexibility index (Phi) is 5.79. The molecule has 1 aliphatic rings. The highest BCUT2D eigenvalue weighted by atomic mass is 32.1. The number of nitrogens with zero attached hydrogens (tertiary/aromatic N) is 2. The van der Waals surface area contributed by atoms with Crippen LogP contribution in [0.3, 0.4) is 0 Å². The molecular weight excluding hydrogens is 254 g/mol. The Morgan fingerprint density at radius 2 is 2.21 bits per heavy atom. The summed E-state index contributed by atoms with van der Waals surface area (Å²) in [5, 5.41) is 1.28. The average Bonchev–Trinajstić information content (AvgIpc) is 2.81. The van der Waals surface area contributed by atoms with E-state index in [0.717, 1.165) is 31.8 Å². The molecule has 1 saturated heterocycles. The minimum atomic E-state index is 0.646. The maximum atomic E-state index is 5.82. The van der Waals surface area contributed by atoms with Gasteiger partial charge < -0.3 is 10.6 Å². The van der Waals surface area contributed by atoms with Crippen molar-refractivity contribution in [3.63, 3.8) is 0 Å². The third kappa shape index (κ3) is 4.01. The second-order valence-electron chi connectivity index (χ2n) is 5.56. The average molecular weight is 281 g/mol. The lowest BCUT2D eigenvalue weighted by Crippen LogP contribution is -2.38. The van der Waals surface area contributed by atoms with Gasteiger partial charge in [-0.05, 0) is 32.7 Å². The highest BCUT2D eigenvalue weighted by Crippen LogP contribution is 2.22. The van der Waals surface area contributed by atoms with Crippen molar-refractivity contribution >= 4 is 11.3 Å². The van der Waals surface area contributed by atoms with Gasteiger partial charge in [0.2, 0.25) is 0 Å². The van der Waals surface area contributed by atoms with Crippen LogP contribution in [-0.2, 0) is 19.4 Å². The predicted molar refractivity (Wildman–Crippen MR) is 82.6 cm³/mol. The summed E-state index contributed by atoms with van der Waals surface area (Å²) in [6.45, 7) is 7.62. The number of hydrogen-bond acceptors (Lipinski definition) is 4. The molecule has 1 atom stereocenters. The molecule has 2 rings (SSSR count). The Morgan fingerprint density at radius 1 is 1.37 bits per heavy atom. The van der Waals surface area contributed by atoms with E-state index in [9.17, 15) is 0 Å². The predicted octanol–water partition coefficient (Wildman–Crippen LogP) is 2.97. The van der Waals surface area contributed by atoms with Gasteiger partial charge in [0.1, 0.15) is 0 Å². The summed E-state index contributed by atoms with van der Waals surface area (Å²) >= 11 is 1.83. The zero-order valence-electron chi connectivity index (χ0n) is 12.3. The SMILES string of the molecule is CCCc1nc(CCN2CCCCC2C)sc1CN. The lowest BCUT2D eigenvalue weighted by atomic mass is 10.0. The number of likely N-dealkylation sites (tertiary alicyclic amines) is 1. The molecule has 108 valence electrons. The van der Waals surface area contributed by atoms with Gasteiger partial charge >= 0.3 is 0 Å². The molecule has 4 heteroatoms. The molecule has 0 saturated carbocycles. The molecule has 0 aliphatic carbocycles. The van der Waals surface area contributed by atoms with E-state index in [1.54, 1.807) is 0 Å². The first-order valence-corrected chi connectivity index (χ1v) is 8.47. The van der Waals surface area contributed by atoms with E-state index in [-0.39, 0.29) is 0 Å². The second kappa shape index (κ2) is 7.36. The van der Waals surface area contributed by atoms with Crippen LogP contribution >= 0.6 is 11.3 Å². The Morgan fingerprint density at radius 3 is 2.89 bits per heavy atom. The molecule has 0 radical (unpaired) electrons. The molecule has 2 heterocycles. The number of nitrogens with two attached hydrogens (primary N) is 1. The van der Waals surface area contributed by atoms with Gasteiger partial charge in [0.25, 0.3) is 0 Å². The summed E-state index contributed by atoms with van der Waals surface area (Å²) < 4.78 is 0. The van der Waals surface area contributed by atoms with Crippen molar-refractivity contribution in [1.29, 1.82) is 0 Å². The van der Waals surface area contributed by atoms with Gasteiger partial charge in [0.05, 0.1) is 10.7 Å². The van der Waals surface area contributed by atoms with Crippen LogP contribution in [0.15, 0.2) is 0 Å². The quantitative estimate of drug-likeness (QED) is 0.871. The van der Waals surface area contributed by atoms with Gasteiger partial charge in [-0.2, -0.15) is 0 Å². The van der Waals surface area contributed by atoms with E-state index in [0.29, 0.717) is 6.54 Å². The topological polar surface area (TPSA) is 42.2 Å². The normalized spacial score (nSPS) is 20.9. The third-order valence-electron chi connectivity index (χ3n) is 4.05.